The van der Waals surface area contributed by atoms with E-state index in [4.69, 9.17) is 5.11 Å². The molecular formula is C16H18N2O2. The molecular weight excluding hydrogens is 252 g/mol. The number of rotatable bonds is 3. The third kappa shape index (κ3) is 2.46. The van der Waals surface area contributed by atoms with Crippen LogP contribution in [0.3, 0.4) is 0 Å². The maximum atomic E-state index is 11.1. The van der Waals surface area contributed by atoms with Crippen LogP contribution in [0.1, 0.15) is 18.9 Å². The number of hydrogen-bond donors (Lipinski definition) is 2. The van der Waals surface area contributed by atoms with Crippen LogP contribution in [0.25, 0.3) is 0 Å². The van der Waals surface area contributed by atoms with Crippen molar-refractivity contribution in [3.63, 3.8) is 0 Å². The predicted molar refractivity (Wildman–Crippen MR) is 77.2 cm³/mol. The van der Waals surface area contributed by atoms with Crippen molar-refractivity contribution < 1.29 is 9.90 Å². The molecule has 1 aromatic rings. The Bertz CT molecular complexity index is 577. The van der Waals surface area contributed by atoms with Crippen LogP contribution in [0, 0.1) is 17.8 Å². The molecule has 4 heteroatoms. The van der Waals surface area contributed by atoms with Gasteiger partial charge in [-0.1, -0.05) is 30.3 Å². The van der Waals surface area contributed by atoms with Gasteiger partial charge < -0.3 is 5.11 Å². The highest BCUT2D eigenvalue weighted by atomic mass is 16.4. The highest BCUT2D eigenvalue weighted by molar-refractivity contribution is 5.87. The summed E-state index contributed by atoms with van der Waals surface area (Å²) in [4.78, 5) is 11.1. The number of nitrogens with zero attached hydrogens (tertiary/aromatic N) is 1. The van der Waals surface area contributed by atoms with Crippen molar-refractivity contribution in [1.29, 1.82) is 0 Å². The molecule has 104 valence electrons. The van der Waals surface area contributed by atoms with Crippen molar-refractivity contribution in [1.82, 2.24) is 5.43 Å². The number of allylic oxidation sites excluding steroid dienone is 1. The molecule has 4 nitrogen and oxygen atoms in total. The highest BCUT2D eigenvalue weighted by Gasteiger charge is 2.49. The Hall–Kier alpha value is -2.10. The Morgan fingerprint density at radius 3 is 2.85 bits per heavy atom. The summed E-state index contributed by atoms with van der Waals surface area (Å²) in [5, 5.41) is 13.2. The van der Waals surface area contributed by atoms with Crippen LogP contribution in [0.15, 0.2) is 46.7 Å². The van der Waals surface area contributed by atoms with Crippen LogP contribution in [0.5, 0.6) is 0 Å². The number of hydrazone groups is 1. The normalized spacial score (nSPS) is 33.4. The Morgan fingerprint density at radius 2 is 2.15 bits per heavy atom. The van der Waals surface area contributed by atoms with E-state index >= 15 is 0 Å². The van der Waals surface area contributed by atoms with Crippen LogP contribution in [-0.4, -0.2) is 17.3 Å². The number of fused-ring (bicyclic) bond motifs is 1. The molecule has 0 amide bonds. The number of carbonyl (C=O) groups is 1. The van der Waals surface area contributed by atoms with Gasteiger partial charge >= 0.3 is 5.97 Å². The summed E-state index contributed by atoms with van der Waals surface area (Å²) in [7, 11) is 0. The minimum atomic E-state index is -0.932. The largest absolute Gasteiger partial charge is 0.477 e. The average molecular weight is 270 g/mol. The van der Waals surface area contributed by atoms with Gasteiger partial charge in [0.2, 0.25) is 0 Å². The summed E-state index contributed by atoms with van der Waals surface area (Å²) in [5.41, 5.74) is 5.12. The number of hydrogen-bond acceptors (Lipinski definition) is 3. The number of carboxylic acids is 1. The van der Waals surface area contributed by atoms with E-state index < -0.39 is 5.97 Å². The lowest BCUT2D eigenvalue weighted by Gasteiger charge is -2.09. The Kier molecular flexibility index (Phi) is 3.30. The second kappa shape index (κ2) is 5.12. The summed E-state index contributed by atoms with van der Waals surface area (Å²) >= 11 is 0. The monoisotopic (exact) mass is 270 g/mol. The topological polar surface area (TPSA) is 61.7 Å². The third-order valence-corrected chi connectivity index (χ3v) is 4.32. The molecule has 20 heavy (non-hydrogen) atoms. The second-order valence-electron chi connectivity index (χ2n) is 5.65. The van der Waals surface area contributed by atoms with Crippen molar-refractivity contribution in [3.8, 4) is 0 Å². The van der Waals surface area contributed by atoms with Crippen LogP contribution in [0.2, 0.25) is 0 Å². The lowest BCUT2D eigenvalue weighted by molar-refractivity contribution is -0.133. The molecule has 0 saturated heterocycles. The van der Waals surface area contributed by atoms with Gasteiger partial charge in [-0.15, -0.1) is 0 Å². The van der Waals surface area contributed by atoms with E-state index in [2.05, 4.69) is 34.8 Å². The van der Waals surface area contributed by atoms with Gasteiger partial charge in [0.1, 0.15) is 5.70 Å². The van der Waals surface area contributed by atoms with E-state index in [-0.39, 0.29) is 5.70 Å². The molecule has 1 aromatic carbocycles. The molecule has 0 radical (unpaired) electrons. The molecule has 0 unspecified atom stereocenters. The smallest absolute Gasteiger partial charge is 0.353 e. The van der Waals surface area contributed by atoms with E-state index in [1.807, 2.05) is 19.2 Å². The molecule has 2 N–H and O–H groups in total. The molecule has 0 spiro atoms. The molecule has 1 saturated carbocycles. The van der Waals surface area contributed by atoms with Gasteiger partial charge in [0, 0.05) is 12.1 Å². The number of nitrogens with one attached hydrogen (secondary N) is 1. The average Bonchev–Trinajstić information content (AvgIpc) is 3.03. The van der Waals surface area contributed by atoms with E-state index in [9.17, 15) is 4.79 Å². The number of benzene rings is 1. The second-order valence-corrected chi connectivity index (χ2v) is 5.65. The van der Waals surface area contributed by atoms with Gasteiger partial charge in [-0.3, -0.25) is 5.43 Å². The van der Waals surface area contributed by atoms with E-state index in [1.165, 1.54) is 5.56 Å². The van der Waals surface area contributed by atoms with Gasteiger partial charge in [0.05, 0.1) is 0 Å². The van der Waals surface area contributed by atoms with Gasteiger partial charge in [-0.05, 0) is 42.7 Å². The Morgan fingerprint density at radius 1 is 1.40 bits per heavy atom. The summed E-state index contributed by atoms with van der Waals surface area (Å²) in [6.45, 7) is 1.88. The molecule has 3 atom stereocenters. The summed E-state index contributed by atoms with van der Waals surface area (Å²) < 4.78 is 0. The highest BCUT2D eigenvalue weighted by Crippen LogP contribution is 2.51. The number of aliphatic carboxylic acids is 1. The minimum Gasteiger partial charge on any atom is -0.477 e. The first-order chi connectivity index (χ1) is 9.66. The van der Waals surface area contributed by atoms with Gasteiger partial charge in [0.15, 0.2) is 0 Å². The molecule has 2 aliphatic rings. The quantitative estimate of drug-likeness (QED) is 0.886. The van der Waals surface area contributed by atoms with Crippen LogP contribution >= 0.6 is 0 Å². The fraction of sp³-hybridized carbons (Fsp3) is 0.375. The Balaban J connectivity index is 1.73. The maximum Gasteiger partial charge on any atom is 0.353 e. The fourth-order valence-electron chi connectivity index (χ4n) is 3.13. The van der Waals surface area contributed by atoms with E-state index in [0.717, 1.165) is 18.4 Å². The zero-order valence-corrected chi connectivity index (χ0v) is 11.4. The summed E-state index contributed by atoms with van der Waals surface area (Å²) in [6.07, 6.45) is 3.76. The fourth-order valence-corrected chi connectivity index (χ4v) is 3.13. The molecule has 0 aromatic heterocycles. The van der Waals surface area contributed by atoms with E-state index in [1.54, 1.807) is 0 Å². The van der Waals surface area contributed by atoms with Crippen molar-refractivity contribution in [2.24, 2.45) is 22.9 Å². The summed E-state index contributed by atoms with van der Waals surface area (Å²) in [6, 6.07) is 10.4. The zero-order valence-electron chi connectivity index (χ0n) is 11.4. The lowest BCUT2D eigenvalue weighted by Crippen LogP contribution is -2.18. The first kappa shape index (κ1) is 12.9. The standard InChI is InChI=1S/C16H18N2O2/c1-10-7-12-13(8-11-5-3-2-4-6-11)14(12)9-17-18-15(10)16(19)20/h2-6,9,12-14,18H,7-8H2,1H3,(H,19,20)/b15-10+,17-9+/t12-,13-,14-/m0/s1. The van der Waals surface area contributed by atoms with Crippen molar-refractivity contribution >= 4 is 12.2 Å². The third-order valence-electron chi connectivity index (χ3n) is 4.32. The van der Waals surface area contributed by atoms with Crippen molar-refractivity contribution in [2.75, 3.05) is 0 Å². The number of carboxylic acid groups (broad SMARTS) is 1. The SMILES string of the molecule is C/C1=C(/C(=O)O)N/N=C/[C@H]2[C@@H](C1)[C@@H]2Cc1ccccc1. The molecule has 1 aliphatic heterocycles. The zero-order chi connectivity index (χ0) is 14.1. The van der Waals surface area contributed by atoms with Crippen LogP contribution in [-0.2, 0) is 11.2 Å². The lowest BCUT2D eigenvalue weighted by atomic mass is 10.0. The Labute approximate surface area is 118 Å². The molecule has 3 rings (SSSR count). The maximum absolute atomic E-state index is 11.1. The van der Waals surface area contributed by atoms with Crippen molar-refractivity contribution in [3.05, 3.63) is 47.2 Å². The van der Waals surface area contributed by atoms with Crippen LogP contribution < -0.4 is 5.43 Å². The predicted octanol–water partition coefficient (Wildman–Crippen LogP) is 2.43. The van der Waals surface area contributed by atoms with Crippen LogP contribution in [0.4, 0.5) is 0 Å². The molecule has 1 heterocycles. The molecule has 1 aliphatic carbocycles. The first-order valence-corrected chi connectivity index (χ1v) is 6.93. The summed E-state index contributed by atoms with van der Waals surface area (Å²) in [5.74, 6) is 0.632. The van der Waals surface area contributed by atoms with E-state index in [0.29, 0.717) is 17.8 Å². The molecule has 1 fully saturated rings. The van der Waals surface area contributed by atoms with Gasteiger partial charge in [0.25, 0.3) is 0 Å². The van der Waals surface area contributed by atoms with Crippen molar-refractivity contribution in [2.45, 2.75) is 19.8 Å². The van der Waals surface area contributed by atoms with Gasteiger partial charge in [-0.25, -0.2) is 4.79 Å². The first-order valence-electron chi connectivity index (χ1n) is 6.93. The van der Waals surface area contributed by atoms with Gasteiger partial charge in [-0.2, -0.15) is 5.10 Å². The minimum absolute atomic E-state index is 0.227. The molecule has 0 bridgehead atoms.